The lowest BCUT2D eigenvalue weighted by Crippen LogP contribution is -2.41. The molecular weight excluding hydrogens is 400 g/mol. The molecule has 1 amide bonds. The molecule has 1 aliphatic heterocycles. The molecule has 1 saturated heterocycles. The second-order valence-electron chi connectivity index (χ2n) is 6.79. The number of halogens is 1. The number of sulfonamides is 1. The molecule has 1 aliphatic rings. The molecule has 0 spiro atoms. The lowest BCUT2D eigenvalue weighted by molar-refractivity contribution is 0.102. The summed E-state index contributed by atoms with van der Waals surface area (Å²) in [5.41, 5.74) is 0.756. The van der Waals surface area contributed by atoms with Crippen LogP contribution in [0.3, 0.4) is 0 Å². The predicted molar refractivity (Wildman–Crippen MR) is 110 cm³/mol. The number of anilines is 1. The molecule has 1 N–H and O–H groups in total. The summed E-state index contributed by atoms with van der Waals surface area (Å²) >= 11 is 6.08. The van der Waals surface area contributed by atoms with Crippen LogP contribution in [0.15, 0.2) is 47.4 Å². The van der Waals surface area contributed by atoms with Crippen molar-refractivity contribution in [2.45, 2.75) is 37.1 Å². The summed E-state index contributed by atoms with van der Waals surface area (Å²) in [7, 11) is -2.13. The third kappa shape index (κ3) is 4.32. The Morgan fingerprint density at radius 1 is 1.21 bits per heavy atom. The van der Waals surface area contributed by atoms with Gasteiger partial charge in [0.1, 0.15) is 5.75 Å². The largest absolute Gasteiger partial charge is 0.495 e. The van der Waals surface area contributed by atoms with Gasteiger partial charge in [0.2, 0.25) is 10.0 Å². The molecule has 1 unspecified atom stereocenters. The number of methoxy groups -OCH3 is 1. The average molecular weight is 423 g/mol. The first-order valence-corrected chi connectivity index (χ1v) is 10.9. The van der Waals surface area contributed by atoms with Crippen LogP contribution in [0, 0.1) is 0 Å². The number of hydrogen-bond donors (Lipinski definition) is 1. The second kappa shape index (κ2) is 8.51. The highest BCUT2D eigenvalue weighted by molar-refractivity contribution is 7.89. The number of rotatable bonds is 5. The Labute approximate surface area is 170 Å². The standard InChI is InChI=1S/C20H23ClN2O4S/c1-14-6-3-4-11-23(14)28(25,26)17-8-5-7-15(12-17)20(24)22-16-9-10-19(27-2)18(21)13-16/h5,7-10,12-14H,3-4,6,11H2,1-2H3,(H,22,24). The second-order valence-corrected chi connectivity index (χ2v) is 9.09. The van der Waals surface area contributed by atoms with Gasteiger partial charge in [-0.25, -0.2) is 8.42 Å². The number of nitrogens with one attached hydrogen (secondary N) is 1. The van der Waals surface area contributed by atoms with E-state index in [1.165, 1.54) is 23.5 Å². The maximum atomic E-state index is 13.0. The third-order valence-electron chi connectivity index (χ3n) is 4.85. The monoisotopic (exact) mass is 422 g/mol. The van der Waals surface area contributed by atoms with E-state index in [0.29, 0.717) is 23.0 Å². The first-order chi connectivity index (χ1) is 13.3. The van der Waals surface area contributed by atoms with E-state index in [0.717, 1.165) is 19.3 Å². The van der Waals surface area contributed by atoms with E-state index in [1.807, 2.05) is 6.92 Å². The zero-order chi connectivity index (χ0) is 20.3. The van der Waals surface area contributed by atoms with Crippen LogP contribution in [0.25, 0.3) is 0 Å². The minimum atomic E-state index is -3.64. The molecule has 0 radical (unpaired) electrons. The maximum Gasteiger partial charge on any atom is 0.255 e. The van der Waals surface area contributed by atoms with Crippen LogP contribution in [0.5, 0.6) is 5.75 Å². The van der Waals surface area contributed by atoms with Crippen LogP contribution in [0.2, 0.25) is 5.02 Å². The van der Waals surface area contributed by atoms with E-state index in [9.17, 15) is 13.2 Å². The summed E-state index contributed by atoms with van der Waals surface area (Å²) in [5.74, 6) is 0.0911. The predicted octanol–water partition coefficient (Wildman–Crippen LogP) is 4.16. The van der Waals surface area contributed by atoms with Crippen LogP contribution in [-0.2, 0) is 10.0 Å². The SMILES string of the molecule is COc1ccc(NC(=O)c2cccc(S(=O)(=O)N3CCCCC3C)c2)cc1Cl. The number of hydrogen-bond acceptors (Lipinski definition) is 4. The lowest BCUT2D eigenvalue weighted by atomic mass is 10.1. The number of nitrogens with zero attached hydrogens (tertiary/aromatic N) is 1. The van der Waals surface area contributed by atoms with Crippen LogP contribution in [0.4, 0.5) is 5.69 Å². The molecule has 6 nitrogen and oxygen atoms in total. The van der Waals surface area contributed by atoms with E-state index >= 15 is 0 Å². The van der Waals surface area contributed by atoms with E-state index in [1.54, 1.807) is 30.3 Å². The summed E-state index contributed by atoms with van der Waals surface area (Å²) in [6.45, 7) is 2.42. The number of carbonyl (C=O) groups excluding carboxylic acids is 1. The molecule has 28 heavy (non-hydrogen) atoms. The Hall–Kier alpha value is -2.09. The zero-order valence-corrected chi connectivity index (χ0v) is 17.4. The van der Waals surface area contributed by atoms with Crippen molar-refractivity contribution in [1.29, 1.82) is 0 Å². The van der Waals surface area contributed by atoms with Gasteiger partial charge in [0, 0.05) is 23.8 Å². The highest BCUT2D eigenvalue weighted by atomic mass is 35.5. The Balaban J connectivity index is 1.82. The number of amides is 1. The fraction of sp³-hybridized carbons (Fsp3) is 0.350. The molecule has 0 saturated carbocycles. The summed E-state index contributed by atoms with van der Waals surface area (Å²) < 4.78 is 32.6. The molecule has 0 aliphatic carbocycles. The Morgan fingerprint density at radius 2 is 2.00 bits per heavy atom. The van der Waals surface area contributed by atoms with Gasteiger partial charge in [0.05, 0.1) is 17.0 Å². The minimum absolute atomic E-state index is 0.0438. The highest BCUT2D eigenvalue weighted by Gasteiger charge is 2.31. The number of ether oxygens (including phenoxy) is 1. The van der Waals surface area contributed by atoms with Crippen molar-refractivity contribution in [1.82, 2.24) is 4.31 Å². The van der Waals surface area contributed by atoms with Gasteiger partial charge in [-0.2, -0.15) is 4.31 Å². The third-order valence-corrected chi connectivity index (χ3v) is 7.16. The summed E-state index contributed by atoms with van der Waals surface area (Å²) in [6.07, 6.45) is 2.72. The number of piperidine rings is 1. The first-order valence-electron chi connectivity index (χ1n) is 9.09. The van der Waals surface area contributed by atoms with Crippen LogP contribution >= 0.6 is 11.6 Å². The van der Waals surface area contributed by atoms with Gasteiger partial charge < -0.3 is 10.1 Å². The number of benzene rings is 2. The fourth-order valence-corrected chi connectivity index (χ4v) is 5.31. The van der Waals surface area contributed by atoms with Gasteiger partial charge in [-0.05, 0) is 56.2 Å². The molecular formula is C20H23ClN2O4S. The number of carbonyl (C=O) groups is 1. The van der Waals surface area contributed by atoms with Crippen molar-refractivity contribution in [3.63, 3.8) is 0 Å². The molecule has 8 heteroatoms. The quantitative estimate of drug-likeness (QED) is 0.784. The highest BCUT2D eigenvalue weighted by Crippen LogP contribution is 2.28. The van der Waals surface area contributed by atoms with Crippen LogP contribution in [-0.4, -0.2) is 38.3 Å². The molecule has 1 fully saturated rings. The Morgan fingerprint density at radius 3 is 2.68 bits per heavy atom. The van der Waals surface area contributed by atoms with E-state index < -0.39 is 15.9 Å². The summed E-state index contributed by atoms with van der Waals surface area (Å²) in [4.78, 5) is 12.7. The molecule has 0 bridgehead atoms. The van der Waals surface area contributed by atoms with E-state index in [-0.39, 0.29) is 16.5 Å². The minimum Gasteiger partial charge on any atom is -0.495 e. The molecule has 3 rings (SSSR count). The molecule has 1 atom stereocenters. The van der Waals surface area contributed by atoms with Crippen molar-refractivity contribution >= 4 is 33.2 Å². The van der Waals surface area contributed by atoms with Gasteiger partial charge in [-0.1, -0.05) is 24.1 Å². The molecule has 2 aromatic rings. The maximum absolute atomic E-state index is 13.0. The van der Waals surface area contributed by atoms with Crippen LogP contribution in [0.1, 0.15) is 36.5 Å². The first kappa shape index (κ1) is 20.6. The zero-order valence-electron chi connectivity index (χ0n) is 15.8. The van der Waals surface area contributed by atoms with Crippen molar-refractivity contribution in [3.05, 3.63) is 53.1 Å². The van der Waals surface area contributed by atoms with Crippen molar-refractivity contribution in [2.75, 3.05) is 19.0 Å². The van der Waals surface area contributed by atoms with Crippen LogP contribution < -0.4 is 10.1 Å². The van der Waals surface area contributed by atoms with Crippen molar-refractivity contribution < 1.29 is 17.9 Å². The molecule has 2 aromatic carbocycles. The molecule has 1 heterocycles. The van der Waals surface area contributed by atoms with Crippen molar-refractivity contribution in [3.8, 4) is 5.75 Å². The molecule has 0 aromatic heterocycles. The van der Waals surface area contributed by atoms with E-state index in [2.05, 4.69) is 5.32 Å². The summed E-state index contributed by atoms with van der Waals surface area (Å²) in [5, 5.41) is 3.10. The lowest BCUT2D eigenvalue weighted by Gasteiger charge is -2.32. The van der Waals surface area contributed by atoms with Gasteiger partial charge in [0.25, 0.3) is 5.91 Å². The average Bonchev–Trinajstić information content (AvgIpc) is 2.68. The van der Waals surface area contributed by atoms with E-state index in [4.69, 9.17) is 16.3 Å². The Kier molecular flexibility index (Phi) is 6.27. The topological polar surface area (TPSA) is 75.7 Å². The fourth-order valence-electron chi connectivity index (χ4n) is 3.31. The summed E-state index contributed by atoms with van der Waals surface area (Å²) in [6, 6.07) is 11.0. The normalized spacial score (nSPS) is 17.9. The smallest absolute Gasteiger partial charge is 0.255 e. The molecule has 150 valence electrons. The van der Waals surface area contributed by atoms with Gasteiger partial charge in [0.15, 0.2) is 0 Å². The van der Waals surface area contributed by atoms with Gasteiger partial charge in [-0.3, -0.25) is 4.79 Å². The van der Waals surface area contributed by atoms with Crippen molar-refractivity contribution in [2.24, 2.45) is 0 Å². The van der Waals surface area contributed by atoms with Gasteiger partial charge >= 0.3 is 0 Å². The Bertz CT molecular complexity index is 978. The van der Waals surface area contributed by atoms with Gasteiger partial charge in [-0.15, -0.1) is 0 Å².